The summed E-state index contributed by atoms with van der Waals surface area (Å²) in [5.41, 5.74) is -0.771. The van der Waals surface area contributed by atoms with Gasteiger partial charge in [0.1, 0.15) is 17.3 Å². The molecule has 73 heavy (non-hydrogen) atoms. The number of epoxide rings is 5. The third kappa shape index (κ3) is 56.9. The lowest BCUT2D eigenvalue weighted by Crippen LogP contribution is -2.19. The van der Waals surface area contributed by atoms with E-state index in [0.29, 0.717) is 55.7 Å². The van der Waals surface area contributed by atoms with Gasteiger partial charge in [0, 0.05) is 60.2 Å². The van der Waals surface area contributed by atoms with Crippen LogP contribution in [0.2, 0.25) is 0 Å². The maximum Gasteiger partial charge on any atom is 0.422 e. The number of hydrogen-bond acceptors (Lipinski definition) is 18. The fourth-order valence-electron chi connectivity index (χ4n) is 4.17. The average Bonchev–Trinajstić information content (AvgIpc) is 4.07. The van der Waals surface area contributed by atoms with E-state index in [0.717, 1.165) is 58.7 Å². The Balaban J connectivity index is -0.000000235. The van der Waals surface area contributed by atoms with Crippen molar-refractivity contribution in [2.75, 3.05) is 117 Å². The summed E-state index contributed by atoms with van der Waals surface area (Å²) in [6.07, 6.45) is 7.80. The van der Waals surface area contributed by atoms with Crippen LogP contribution >= 0.6 is 0 Å². The molecule has 5 heterocycles. The Labute approximate surface area is 434 Å². The number of hydrogen-bond donors (Lipinski definition) is 0. The molecule has 6 fully saturated rings. The maximum absolute atomic E-state index is 11.5. The van der Waals surface area contributed by atoms with Crippen LogP contribution in [0, 0.1) is 5.92 Å². The van der Waals surface area contributed by atoms with Gasteiger partial charge in [-0.2, -0.15) is 13.2 Å². The smallest absolute Gasteiger partial charge is 0.422 e. The monoisotopic (exact) mass is 1060 g/mol. The molecule has 7 atom stereocenters. The van der Waals surface area contributed by atoms with Gasteiger partial charge >= 0.3 is 24.1 Å². The van der Waals surface area contributed by atoms with Crippen LogP contribution in [0.5, 0.6) is 0 Å². The first-order chi connectivity index (χ1) is 34.1. The summed E-state index contributed by atoms with van der Waals surface area (Å²) >= 11 is 0. The topological polar surface area (TPSA) is 214 Å². The molecule has 6 rings (SSSR count). The molecule has 1 saturated carbocycles. The van der Waals surface area contributed by atoms with Crippen molar-refractivity contribution in [1.82, 2.24) is 0 Å². The number of halogens is 3. The molecule has 0 aromatic heterocycles. The Morgan fingerprint density at radius 3 is 1.40 bits per heavy atom. The molecule has 0 aromatic carbocycles. The van der Waals surface area contributed by atoms with E-state index < -0.39 is 23.7 Å². The second-order valence-corrected chi connectivity index (χ2v) is 16.5. The number of esters is 3. The molecule has 1 aliphatic carbocycles. The zero-order valence-corrected chi connectivity index (χ0v) is 46.5. The Kier molecular flexibility index (Phi) is 50.4. The second-order valence-electron chi connectivity index (χ2n) is 16.5. The molecule has 5 aliphatic heterocycles. The zero-order chi connectivity index (χ0) is 57.6. The number of ether oxygens (including phenoxy) is 14. The van der Waals surface area contributed by atoms with Crippen molar-refractivity contribution in [3.05, 3.63) is 75.1 Å². The van der Waals surface area contributed by atoms with Crippen molar-refractivity contribution in [2.24, 2.45) is 5.92 Å². The van der Waals surface area contributed by atoms with Gasteiger partial charge in [0.2, 0.25) is 0 Å². The quantitative estimate of drug-likeness (QED) is 0.0358. The van der Waals surface area contributed by atoms with E-state index in [1.807, 2.05) is 6.92 Å². The molecule has 5 saturated heterocycles. The molecular formula is C52H91F3O18. The second kappa shape index (κ2) is 47.4. The van der Waals surface area contributed by atoms with Gasteiger partial charge in [0.25, 0.3) is 0 Å². The van der Waals surface area contributed by atoms with E-state index in [-0.39, 0.29) is 23.0 Å². The molecule has 0 N–H and O–H groups in total. The summed E-state index contributed by atoms with van der Waals surface area (Å²) in [5, 5.41) is 0. The molecule has 0 spiro atoms. The number of ketones is 1. The fraction of sp³-hybridized carbons (Fsp3) is 0.692. The Hall–Kier alpha value is -4.29. The minimum absolute atomic E-state index is 0.0341. The molecule has 18 nitrogen and oxygen atoms in total. The molecule has 428 valence electrons. The van der Waals surface area contributed by atoms with Crippen LogP contribution in [0.3, 0.4) is 0 Å². The van der Waals surface area contributed by atoms with Crippen molar-refractivity contribution in [3.8, 4) is 0 Å². The third-order valence-corrected chi connectivity index (χ3v) is 9.17. The number of fused-ring (bicyclic) bond motifs is 1. The van der Waals surface area contributed by atoms with Crippen molar-refractivity contribution in [2.45, 2.75) is 115 Å². The molecule has 6 aliphatic rings. The summed E-state index contributed by atoms with van der Waals surface area (Å²) in [5.74, 6) is -1.39. The fourth-order valence-corrected chi connectivity index (χ4v) is 4.17. The Morgan fingerprint density at radius 1 is 0.726 bits per heavy atom. The predicted octanol–water partition coefficient (Wildman–Crippen LogP) is 7.97. The van der Waals surface area contributed by atoms with Gasteiger partial charge in [-0.1, -0.05) is 39.0 Å². The number of rotatable bonds is 16. The van der Waals surface area contributed by atoms with Crippen LogP contribution in [0.15, 0.2) is 75.1 Å². The summed E-state index contributed by atoms with van der Waals surface area (Å²) in [4.78, 5) is 40.5. The number of allylic oxidation sites excluding steroid dienone is 1. The lowest BCUT2D eigenvalue weighted by Gasteiger charge is -2.16. The molecule has 0 amide bonds. The molecule has 0 radical (unpaired) electrons. The van der Waals surface area contributed by atoms with Gasteiger partial charge in [-0.15, -0.1) is 6.58 Å². The van der Waals surface area contributed by atoms with E-state index >= 15 is 0 Å². The Bertz CT molecular complexity index is 1510. The third-order valence-electron chi connectivity index (χ3n) is 9.17. The van der Waals surface area contributed by atoms with Gasteiger partial charge in [0.05, 0.1) is 111 Å². The van der Waals surface area contributed by atoms with Gasteiger partial charge in [-0.25, -0.2) is 14.4 Å². The van der Waals surface area contributed by atoms with E-state index in [1.54, 1.807) is 55.7 Å². The summed E-state index contributed by atoms with van der Waals surface area (Å²) in [7, 11) is 13.4. The number of carbonyl (C=O) groups excluding carboxylic acids is 4. The van der Waals surface area contributed by atoms with Gasteiger partial charge in [0.15, 0.2) is 5.78 Å². The highest BCUT2D eigenvalue weighted by molar-refractivity contribution is 5.89. The van der Waals surface area contributed by atoms with E-state index in [9.17, 15) is 32.3 Å². The van der Waals surface area contributed by atoms with Crippen LogP contribution in [-0.4, -0.2) is 188 Å². The normalized spacial score (nSPS) is 22.3. The van der Waals surface area contributed by atoms with E-state index in [4.69, 9.17) is 37.9 Å². The zero-order valence-electron chi connectivity index (χ0n) is 46.5. The van der Waals surface area contributed by atoms with Crippen LogP contribution < -0.4 is 0 Å². The summed E-state index contributed by atoms with van der Waals surface area (Å²) in [6.45, 7) is 37.3. The van der Waals surface area contributed by atoms with Gasteiger partial charge < -0.3 is 66.3 Å². The predicted molar refractivity (Wildman–Crippen MR) is 273 cm³/mol. The lowest BCUT2D eigenvalue weighted by molar-refractivity contribution is -0.148. The Morgan fingerprint density at radius 2 is 1.22 bits per heavy atom. The molecular weight excluding hydrogens is 970 g/mol. The standard InChI is InChI=1S/C8H14O2.C6H10O2.C5H5F3O2.C5H10O2.C5H8O2.C5H10O.C4H8O2.C4H6O2.C4H8O.2C3H6O/c1-9-5-6-2-3-7-8(4-6)10-7;1-3-6(7)4-5-8-2;1-3(4(9)10-2)5(6,7)8;1-5(3-6-2)4-7-5;1-4(2)5(6)7-3;1-4-5(2,3)6-4;1-5-2-4-3-6-4;1-3-4(5)6-2;1-3-4-5-2;1-3-2-4-3;1-3-4-2/h6-8H,2-5H2,1H3;3H,1,4-5H2,2H3;1H2,2H3;3-4H2,1-2H3;1H2,2-3H3;4H,1-3H3;4H,2-3H2,1H3;3H,1H2,2H3;3H,1,4H2,2H3;3H,2H2,1H3;3H,1H2,2H3. The summed E-state index contributed by atoms with van der Waals surface area (Å²) in [6, 6.07) is 0. The molecule has 21 heteroatoms. The first kappa shape index (κ1) is 77.6. The van der Waals surface area contributed by atoms with Crippen LogP contribution in [0.25, 0.3) is 0 Å². The SMILES string of the molecule is C=C(C(=O)OC)C(F)(F)F.C=C(C)C(=O)OC.C=CC(=O)CCOC.C=CC(=O)OC.C=CCOC.C=COC.CC1CO1.CC1OC1(C)C.COCC1(C)CO1.COCC1CCC2OC2C1.COCC1CO1. The number of carbonyl (C=O) groups is 4. The number of alkyl halides is 3. The minimum Gasteiger partial charge on any atom is -0.505 e. The van der Waals surface area contributed by atoms with Gasteiger partial charge in [-0.05, 0) is 72.8 Å². The highest BCUT2D eigenvalue weighted by Gasteiger charge is 2.44. The molecule has 0 aromatic rings. The first-order valence-electron chi connectivity index (χ1n) is 23.0. The summed E-state index contributed by atoms with van der Waals surface area (Å²) < 4.78 is 99.9. The minimum atomic E-state index is -4.69. The van der Waals surface area contributed by atoms with E-state index in [1.165, 1.54) is 45.8 Å². The van der Waals surface area contributed by atoms with Crippen LogP contribution in [0.1, 0.15) is 67.2 Å². The largest absolute Gasteiger partial charge is 0.505 e. The van der Waals surface area contributed by atoms with Crippen molar-refractivity contribution in [1.29, 1.82) is 0 Å². The van der Waals surface area contributed by atoms with Crippen molar-refractivity contribution >= 4 is 23.7 Å². The number of methoxy groups -OCH3 is 9. The maximum atomic E-state index is 11.5. The van der Waals surface area contributed by atoms with Crippen LogP contribution in [0.4, 0.5) is 13.2 Å². The molecule has 0 bridgehead atoms. The van der Waals surface area contributed by atoms with E-state index in [2.05, 4.69) is 95.6 Å². The first-order valence-corrected chi connectivity index (χ1v) is 23.0. The highest BCUT2D eigenvalue weighted by atomic mass is 19.4. The average molecular weight is 1060 g/mol. The van der Waals surface area contributed by atoms with Crippen molar-refractivity contribution < 1.29 is 98.7 Å². The highest BCUT2D eigenvalue weighted by Crippen LogP contribution is 2.39. The van der Waals surface area contributed by atoms with Crippen molar-refractivity contribution in [3.63, 3.8) is 0 Å². The van der Waals surface area contributed by atoms with Crippen LogP contribution in [-0.2, 0) is 85.5 Å². The van der Waals surface area contributed by atoms with Gasteiger partial charge in [-0.3, -0.25) is 4.79 Å². The molecule has 7 unspecified atom stereocenters. The lowest BCUT2D eigenvalue weighted by atomic mass is 9.90.